The first-order chi connectivity index (χ1) is 8.63. The lowest BCUT2D eigenvalue weighted by Crippen LogP contribution is -1.96. The molecule has 0 spiro atoms. The number of aromatic nitrogens is 2. The van der Waals surface area contributed by atoms with Crippen LogP contribution in [0.25, 0.3) is 11.4 Å². The molecule has 1 aromatic carbocycles. The minimum atomic E-state index is 0.678. The van der Waals surface area contributed by atoms with Gasteiger partial charge in [0.25, 0.3) is 0 Å². The van der Waals surface area contributed by atoms with E-state index in [1.165, 1.54) is 0 Å². The van der Waals surface area contributed by atoms with E-state index in [1.807, 2.05) is 38.1 Å². The molecule has 0 saturated carbocycles. The van der Waals surface area contributed by atoms with Crippen LogP contribution in [0.15, 0.2) is 24.3 Å². The van der Waals surface area contributed by atoms with Crippen molar-refractivity contribution in [3.05, 3.63) is 35.7 Å². The second-order valence-corrected chi connectivity index (χ2v) is 4.04. The molecule has 0 unspecified atom stereocenters. The van der Waals surface area contributed by atoms with Crippen molar-refractivity contribution < 1.29 is 9.47 Å². The van der Waals surface area contributed by atoms with E-state index < -0.39 is 0 Å². The third kappa shape index (κ3) is 2.42. The predicted octanol–water partition coefficient (Wildman–Crippen LogP) is 2.78. The summed E-state index contributed by atoms with van der Waals surface area (Å²) in [6, 6.07) is 7.61. The Bertz CT molecular complexity index is 547. The van der Waals surface area contributed by atoms with Crippen molar-refractivity contribution in [1.29, 1.82) is 0 Å². The van der Waals surface area contributed by atoms with Gasteiger partial charge in [0.2, 0.25) is 0 Å². The number of methoxy groups -OCH3 is 2. The summed E-state index contributed by atoms with van der Waals surface area (Å²) in [6.07, 6.45) is 0. The van der Waals surface area contributed by atoms with Gasteiger partial charge in [-0.05, 0) is 38.1 Å². The van der Waals surface area contributed by atoms with Gasteiger partial charge in [-0.25, -0.2) is 9.97 Å². The quantitative estimate of drug-likeness (QED) is 0.832. The van der Waals surface area contributed by atoms with Crippen LogP contribution in [-0.4, -0.2) is 24.2 Å². The number of rotatable bonds is 3. The van der Waals surface area contributed by atoms with E-state index in [2.05, 4.69) is 9.97 Å². The number of hydrogen-bond acceptors (Lipinski definition) is 4. The zero-order valence-corrected chi connectivity index (χ0v) is 11.0. The van der Waals surface area contributed by atoms with Gasteiger partial charge in [-0.1, -0.05) is 0 Å². The van der Waals surface area contributed by atoms with Gasteiger partial charge in [0.15, 0.2) is 17.3 Å². The van der Waals surface area contributed by atoms with Crippen LogP contribution in [0.2, 0.25) is 0 Å². The molecule has 0 aliphatic carbocycles. The molecular weight excluding hydrogens is 228 g/mol. The average molecular weight is 244 g/mol. The summed E-state index contributed by atoms with van der Waals surface area (Å²) in [7, 11) is 3.23. The fraction of sp³-hybridized carbons (Fsp3) is 0.286. The van der Waals surface area contributed by atoms with Crippen LogP contribution in [0.5, 0.6) is 11.5 Å². The number of aryl methyl sites for hydroxylation is 2. The SMILES string of the molecule is COc1ccc(-c2nc(C)cc(C)n2)cc1OC. The Hall–Kier alpha value is -2.10. The summed E-state index contributed by atoms with van der Waals surface area (Å²) in [5.74, 6) is 2.08. The van der Waals surface area contributed by atoms with Gasteiger partial charge >= 0.3 is 0 Å². The van der Waals surface area contributed by atoms with Crippen molar-refractivity contribution in [3.8, 4) is 22.9 Å². The Morgan fingerprint density at radius 1 is 0.833 bits per heavy atom. The fourth-order valence-corrected chi connectivity index (χ4v) is 1.83. The lowest BCUT2D eigenvalue weighted by Gasteiger charge is -2.09. The first-order valence-corrected chi connectivity index (χ1v) is 5.68. The largest absolute Gasteiger partial charge is 0.493 e. The molecule has 0 aliphatic rings. The normalized spacial score (nSPS) is 10.2. The minimum Gasteiger partial charge on any atom is -0.493 e. The Morgan fingerprint density at radius 3 is 2.00 bits per heavy atom. The number of hydrogen-bond donors (Lipinski definition) is 0. The maximum Gasteiger partial charge on any atom is 0.161 e. The Morgan fingerprint density at radius 2 is 1.44 bits per heavy atom. The van der Waals surface area contributed by atoms with Gasteiger partial charge in [-0.3, -0.25) is 0 Å². The highest BCUT2D eigenvalue weighted by Gasteiger charge is 2.08. The lowest BCUT2D eigenvalue weighted by atomic mass is 10.1. The summed E-state index contributed by atoms with van der Waals surface area (Å²) in [6.45, 7) is 3.91. The second kappa shape index (κ2) is 5.04. The zero-order chi connectivity index (χ0) is 13.1. The molecule has 0 aliphatic heterocycles. The highest BCUT2D eigenvalue weighted by Crippen LogP contribution is 2.31. The zero-order valence-electron chi connectivity index (χ0n) is 11.0. The number of ether oxygens (including phenoxy) is 2. The van der Waals surface area contributed by atoms with Gasteiger partial charge < -0.3 is 9.47 Å². The van der Waals surface area contributed by atoms with E-state index in [4.69, 9.17) is 9.47 Å². The number of benzene rings is 1. The summed E-state index contributed by atoms with van der Waals surface area (Å²) in [4.78, 5) is 8.86. The smallest absolute Gasteiger partial charge is 0.161 e. The standard InChI is InChI=1S/C14H16N2O2/c1-9-7-10(2)16-14(15-9)11-5-6-12(17-3)13(8-11)18-4/h5-8H,1-4H3. The third-order valence-corrected chi connectivity index (χ3v) is 2.62. The summed E-state index contributed by atoms with van der Waals surface area (Å²) < 4.78 is 10.5. The van der Waals surface area contributed by atoms with E-state index in [0.29, 0.717) is 17.3 Å². The molecule has 0 fully saturated rings. The molecule has 2 aromatic rings. The third-order valence-electron chi connectivity index (χ3n) is 2.62. The van der Waals surface area contributed by atoms with E-state index >= 15 is 0 Å². The monoisotopic (exact) mass is 244 g/mol. The summed E-state index contributed by atoms with van der Waals surface area (Å²) >= 11 is 0. The Balaban J connectivity index is 2.50. The van der Waals surface area contributed by atoms with Gasteiger partial charge in [0.05, 0.1) is 14.2 Å². The molecule has 0 saturated heterocycles. The molecule has 4 nitrogen and oxygen atoms in total. The van der Waals surface area contributed by atoms with E-state index in [0.717, 1.165) is 17.0 Å². The Kier molecular flexibility index (Phi) is 3.46. The molecule has 18 heavy (non-hydrogen) atoms. The highest BCUT2D eigenvalue weighted by atomic mass is 16.5. The minimum absolute atomic E-state index is 0.678. The van der Waals surface area contributed by atoms with Crippen molar-refractivity contribution >= 4 is 0 Å². The van der Waals surface area contributed by atoms with E-state index in [-0.39, 0.29) is 0 Å². The topological polar surface area (TPSA) is 44.2 Å². The molecule has 1 heterocycles. The van der Waals surface area contributed by atoms with Crippen molar-refractivity contribution in [1.82, 2.24) is 9.97 Å². The van der Waals surface area contributed by atoms with Gasteiger partial charge in [-0.15, -0.1) is 0 Å². The van der Waals surface area contributed by atoms with Crippen LogP contribution in [-0.2, 0) is 0 Å². The van der Waals surface area contributed by atoms with Crippen LogP contribution in [0, 0.1) is 13.8 Å². The van der Waals surface area contributed by atoms with Crippen molar-refractivity contribution in [2.45, 2.75) is 13.8 Å². The van der Waals surface area contributed by atoms with Crippen molar-refractivity contribution in [3.63, 3.8) is 0 Å². The maximum atomic E-state index is 5.28. The van der Waals surface area contributed by atoms with Crippen LogP contribution in [0.3, 0.4) is 0 Å². The van der Waals surface area contributed by atoms with E-state index in [9.17, 15) is 0 Å². The van der Waals surface area contributed by atoms with Crippen LogP contribution < -0.4 is 9.47 Å². The lowest BCUT2D eigenvalue weighted by molar-refractivity contribution is 0.355. The molecule has 0 radical (unpaired) electrons. The summed E-state index contributed by atoms with van der Waals surface area (Å²) in [5, 5.41) is 0. The first kappa shape index (κ1) is 12.4. The highest BCUT2D eigenvalue weighted by molar-refractivity contribution is 5.61. The second-order valence-electron chi connectivity index (χ2n) is 4.04. The molecule has 4 heteroatoms. The average Bonchev–Trinajstić information content (AvgIpc) is 2.36. The van der Waals surface area contributed by atoms with Crippen molar-refractivity contribution in [2.75, 3.05) is 14.2 Å². The van der Waals surface area contributed by atoms with Crippen molar-refractivity contribution in [2.24, 2.45) is 0 Å². The summed E-state index contributed by atoms with van der Waals surface area (Å²) in [5.41, 5.74) is 2.82. The number of nitrogens with zero attached hydrogens (tertiary/aromatic N) is 2. The van der Waals surface area contributed by atoms with Crippen LogP contribution >= 0.6 is 0 Å². The van der Waals surface area contributed by atoms with Gasteiger partial charge in [-0.2, -0.15) is 0 Å². The predicted molar refractivity (Wildman–Crippen MR) is 70.0 cm³/mol. The molecule has 0 atom stereocenters. The fourth-order valence-electron chi connectivity index (χ4n) is 1.83. The Labute approximate surface area is 107 Å². The molecule has 0 bridgehead atoms. The molecular formula is C14H16N2O2. The van der Waals surface area contributed by atoms with Gasteiger partial charge in [0.1, 0.15) is 0 Å². The molecule has 2 rings (SSSR count). The van der Waals surface area contributed by atoms with E-state index in [1.54, 1.807) is 14.2 Å². The molecule has 94 valence electrons. The molecule has 1 aromatic heterocycles. The van der Waals surface area contributed by atoms with Gasteiger partial charge in [0, 0.05) is 17.0 Å². The van der Waals surface area contributed by atoms with Crippen LogP contribution in [0.1, 0.15) is 11.4 Å². The molecule has 0 amide bonds. The maximum absolute atomic E-state index is 5.28. The molecule has 0 N–H and O–H groups in total. The van der Waals surface area contributed by atoms with Crippen LogP contribution in [0.4, 0.5) is 0 Å². The first-order valence-electron chi connectivity index (χ1n) is 5.68.